The number of aliphatic imine (C=N–C) groups is 5. The Kier molecular flexibility index (Phi) is 4.29. The van der Waals surface area contributed by atoms with Crippen molar-refractivity contribution in [2.45, 2.75) is 52.7 Å². The Labute approximate surface area is 156 Å². The zero-order valence-corrected chi connectivity index (χ0v) is 16.0. The molecule has 3 aliphatic rings. The predicted molar refractivity (Wildman–Crippen MR) is 99.8 cm³/mol. The Morgan fingerprint density at radius 2 is 1.48 bits per heavy atom. The van der Waals surface area contributed by atoms with E-state index in [0.717, 1.165) is 0 Å². The molecule has 0 aromatic heterocycles. The van der Waals surface area contributed by atoms with Crippen LogP contribution in [0.5, 0.6) is 0 Å². The molecule has 0 saturated heterocycles. The van der Waals surface area contributed by atoms with Gasteiger partial charge >= 0.3 is 11.9 Å². The lowest BCUT2D eigenvalue weighted by molar-refractivity contribution is -0.150. The summed E-state index contributed by atoms with van der Waals surface area (Å²) in [5.41, 5.74) is -1.80. The third-order valence-corrected chi connectivity index (χ3v) is 3.16. The van der Waals surface area contributed by atoms with Gasteiger partial charge in [-0.1, -0.05) is 0 Å². The third kappa shape index (κ3) is 3.83. The van der Waals surface area contributed by atoms with E-state index in [9.17, 15) is 9.59 Å². The van der Waals surface area contributed by atoms with Gasteiger partial charge < -0.3 is 9.47 Å². The molecule has 0 saturated carbocycles. The van der Waals surface area contributed by atoms with Crippen LogP contribution in [0.15, 0.2) is 36.5 Å². The molecule has 0 aliphatic carbocycles. The molecule has 0 N–H and O–H groups in total. The van der Waals surface area contributed by atoms with Crippen molar-refractivity contribution >= 4 is 42.1 Å². The van der Waals surface area contributed by atoms with Crippen LogP contribution in [0.2, 0.25) is 0 Å². The van der Waals surface area contributed by atoms with Gasteiger partial charge in [0.15, 0.2) is 23.1 Å². The topological polar surface area (TPSA) is 118 Å². The van der Waals surface area contributed by atoms with E-state index in [4.69, 9.17) is 9.47 Å². The molecule has 0 radical (unpaired) electrons. The maximum Gasteiger partial charge on any atom is 0.361 e. The summed E-state index contributed by atoms with van der Waals surface area (Å²) in [4.78, 5) is 47.3. The molecule has 3 heterocycles. The summed E-state index contributed by atoms with van der Waals surface area (Å²) in [7, 11) is 0. The Morgan fingerprint density at radius 3 is 2.11 bits per heavy atom. The van der Waals surface area contributed by atoms with Crippen molar-refractivity contribution in [2.75, 3.05) is 0 Å². The largest absolute Gasteiger partial charge is 0.455 e. The average molecular weight is 372 g/mol. The predicted octanol–water partition coefficient (Wildman–Crippen LogP) is 1.43. The van der Waals surface area contributed by atoms with Gasteiger partial charge in [-0.2, -0.15) is 0 Å². The molecular formula is C17H20N6O4. The van der Waals surface area contributed by atoms with Crippen molar-refractivity contribution in [3.8, 4) is 0 Å². The average Bonchev–Trinajstić information content (AvgIpc) is 2.52. The number of carbonyl (C=O) groups excluding carboxylic acids is 2. The molecule has 0 unspecified atom stereocenters. The number of hydrogen-bond acceptors (Lipinski definition) is 10. The lowest BCUT2D eigenvalue weighted by Crippen LogP contribution is -2.49. The smallest absolute Gasteiger partial charge is 0.361 e. The van der Waals surface area contributed by atoms with Crippen LogP contribution < -0.4 is 0 Å². The fraction of sp³-hybridized carbons (Fsp3) is 0.471. The second kappa shape index (κ2) is 6.22. The first-order valence-corrected chi connectivity index (χ1v) is 8.27. The Bertz CT molecular complexity index is 893. The summed E-state index contributed by atoms with van der Waals surface area (Å²) in [6, 6.07) is 0. The highest BCUT2D eigenvalue weighted by Crippen LogP contribution is 2.27. The van der Waals surface area contributed by atoms with Crippen molar-refractivity contribution in [3.63, 3.8) is 0 Å². The quantitative estimate of drug-likeness (QED) is 0.680. The summed E-state index contributed by atoms with van der Waals surface area (Å²) in [5, 5.41) is 0. The maximum atomic E-state index is 12.7. The zero-order chi connectivity index (χ0) is 20.0. The van der Waals surface area contributed by atoms with Gasteiger partial charge in [0.2, 0.25) is 5.96 Å². The van der Waals surface area contributed by atoms with E-state index in [1.54, 1.807) is 41.5 Å². The SMILES string of the molecule is CC(C)(C)OC(=O)C1=NC(C(=O)OC(C)(C)C)=C2N=CN=C3N=CN=C1N32. The fourth-order valence-corrected chi connectivity index (χ4v) is 2.30. The van der Waals surface area contributed by atoms with E-state index in [0.29, 0.717) is 0 Å². The molecule has 3 rings (SSSR count). The number of guanidine groups is 1. The molecule has 0 atom stereocenters. The van der Waals surface area contributed by atoms with Gasteiger partial charge in [-0.3, -0.25) is 0 Å². The lowest BCUT2D eigenvalue weighted by Gasteiger charge is -2.32. The van der Waals surface area contributed by atoms with E-state index in [-0.39, 0.29) is 29.0 Å². The summed E-state index contributed by atoms with van der Waals surface area (Å²) in [6.45, 7) is 10.4. The van der Waals surface area contributed by atoms with Crippen LogP contribution in [-0.4, -0.2) is 58.2 Å². The van der Waals surface area contributed by atoms with E-state index in [1.807, 2.05) is 0 Å². The molecule has 0 aromatic carbocycles. The van der Waals surface area contributed by atoms with Gasteiger partial charge in [0.05, 0.1) is 0 Å². The van der Waals surface area contributed by atoms with E-state index in [2.05, 4.69) is 25.0 Å². The van der Waals surface area contributed by atoms with Crippen molar-refractivity contribution < 1.29 is 19.1 Å². The highest BCUT2D eigenvalue weighted by molar-refractivity contribution is 6.67. The highest BCUT2D eigenvalue weighted by atomic mass is 16.6. The number of rotatable bonds is 2. The monoisotopic (exact) mass is 372 g/mol. The second-order valence-electron chi connectivity index (χ2n) is 7.84. The van der Waals surface area contributed by atoms with Gasteiger partial charge in [-0.25, -0.2) is 39.5 Å². The van der Waals surface area contributed by atoms with Crippen LogP contribution in [0, 0.1) is 0 Å². The molecule has 0 fully saturated rings. The standard InChI is InChI=1S/C17H20N6O4/c1-16(2,3)26-13(24)9-11-18-7-20-15-21-8-19-12(23(11)15)10(22-9)14(25)27-17(4,5)6/h7-8H,1-6H3. The van der Waals surface area contributed by atoms with Crippen LogP contribution in [0.1, 0.15) is 41.5 Å². The number of ether oxygens (including phenoxy) is 2. The Morgan fingerprint density at radius 1 is 0.889 bits per heavy atom. The van der Waals surface area contributed by atoms with Gasteiger partial charge in [0, 0.05) is 0 Å². The molecule has 10 nitrogen and oxygen atoms in total. The molecule has 0 bridgehead atoms. The minimum atomic E-state index is -0.754. The summed E-state index contributed by atoms with van der Waals surface area (Å²) in [5.74, 6) is -0.979. The Balaban J connectivity index is 2.11. The second-order valence-corrected chi connectivity index (χ2v) is 7.84. The Hall–Kier alpha value is -3.17. The first kappa shape index (κ1) is 18.6. The fourth-order valence-electron chi connectivity index (χ4n) is 2.30. The third-order valence-electron chi connectivity index (χ3n) is 3.16. The van der Waals surface area contributed by atoms with Crippen molar-refractivity contribution in [1.29, 1.82) is 0 Å². The minimum absolute atomic E-state index is 0.136. The van der Waals surface area contributed by atoms with E-state index < -0.39 is 23.1 Å². The van der Waals surface area contributed by atoms with Gasteiger partial charge in [-0.05, 0) is 41.5 Å². The first-order chi connectivity index (χ1) is 12.5. The number of carbonyl (C=O) groups is 2. The number of nitrogens with zero attached hydrogens (tertiary/aromatic N) is 6. The maximum absolute atomic E-state index is 12.7. The first-order valence-electron chi connectivity index (χ1n) is 8.27. The molecular weight excluding hydrogens is 352 g/mol. The van der Waals surface area contributed by atoms with Crippen LogP contribution in [0.25, 0.3) is 0 Å². The molecule has 27 heavy (non-hydrogen) atoms. The molecule has 142 valence electrons. The lowest BCUT2D eigenvalue weighted by atomic mass is 10.1. The van der Waals surface area contributed by atoms with Crippen LogP contribution >= 0.6 is 0 Å². The van der Waals surface area contributed by atoms with Crippen molar-refractivity contribution in [3.05, 3.63) is 11.5 Å². The normalized spacial score (nSPS) is 18.4. The number of hydrogen-bond donors (Lipinski definition) is 0. The summed E-state index contributed by atoms with van der Waals surface area (Å²) < 4.78 is 10.8. The molecule has 3 aliphatic heterocycles. The van der Waals surface area contributed by atoms with Gasteiger partial charge in [0.1, 0.15) is 23.9 Å². The van der Waals surface area contributed by atoms with Crippen molar-refractivity contribution in [1.82, 2.24) is 4.90 Å². The molecule has 0 amide bonds. The summed E-state index contributed by atoms with van der Waals surface area (Å²) >= 11 is 0. The minimum Gasteiger partial charge on any atom is -0.455 e. The van der Waals surface area contributed by atoms with Crippen molar-refractivity contribution in [2.24, 2.45) is 25.0 Å². The number of amidine groups is 1. The molecule has 10 heteroatoms. The highest BCUT2D eigenvalue weighted by Gasteiger charge is 2.42. The summed E-state index contributed by atoms with van der Waals surface area (Å²) in [6.07, 6.45) is 2.50. The van der Waals surface area contributed by atoms with Gasteiger partial charge in [-0.15, -0.1) is 0 Å². The molecule has 0 aromatic rings. The van der Waals surface area contributed by atoms with E-state index in [1.165, 1.54) is 17.6 Å². The van der Waals surface area contributed by atoms with E-state index >= 15 is 0 Å². The van der Waals surface area contributed by atoms with Crippen LogP contribution in [0.3, 0.4) is 0 Å². The van der Waals surface area contributed by atoms with Crippen LogP contribution in [0.4, 0.5) is 0 Å². The molecule has 0 spiro atoms. The van der Waals surface area contributed by atoms with Crippen LogP contribution in [-0.2, 0) is 19.1 Å². The zero-order valence-electron chi connectivity index (χ0n) is 16.0. The number of esters is 2. The van der Waals surface area contributed by atoms with Gasteiger partial charge in [0.25, 0.3) is 0 Å².